The maximum Gasteiger partial charge on any atom is 0.0328 e. The molecule has 1 aliphatic heterocycles. The summed E-state index contributed by atoms with van der Waals surface area (Å²) in [5.41, 5.74) is 0. The van der Waals surface area contributed by atoms with E-state index in [1.54, 1.807) is 0 Å². The minimum absolute atomic E-state index is 0. The number of nitrogens with one attached hydrogen (secondary N) is 1. The Kier molecular flexibility index (Phi) is 7.04. The minimum Gasteiger partial charge on any atom is -0.319 e. The fourth-order valence-corrected chi connectivity index (χ4v) is 3.90. The highest BCUT2D eigenvalue weighted by molar-refractivity contribution is 9.10. The Morgan fingerprint density at radius 1 is 1.59 bits per heavy atom. The van der Waals surface area contributed by atoms with Gasteiger partial charge in [-0.15, -0.1) is 23.7 Å². The average molecular weight is 340 g/mol. The van der Waals surface area contributed by atoms with Crippen molar-refractivity contribution in [3.63, 3.8) is 0 Å². The standard InChI is InChI=1S/C12H19BrN2S.ClH/c1-14-6-10-3-2-4-15(7-10)8-12-5-11(13)9-16-12;/h5,9-10,14H,2-4,6-8H2,1H3;1H. The number of halogens is 2. The molecule has 1 aromatic heterocycles. The molecule has 1 aromatic rings. The zero-order valence-electron chi connectivity index (χ0n) is 10.1. The summed E-state index contributed by atoms with van der Waals surface area (Å²) < 4.78 is 1.22. The molecule has 2 nitrogen and oxygen atoms in total. The van der Waals surface area contributed by atoms with Gasteiger partial charge in [0.05, 0.1) is 0 Å². The van der Waals surface area contributed by atoms with Crippen molar-refractivity contribution in [2.24, 2.45) is 5.92 Å². The minimum atomic E-state index is 0. The number of hydrogen-bond acceptors (Lipinski definition) is 3. The van der Waals surface area contributed by atoms with Gasteiger partial charge in [-0.25, -0.2) is 0 Å². The molecule has 0 aromatic carbocycles. The van der Waals surface area contributed by atoms with Gasteiger partial charge in [0.1, 0.15) is 0 Å². The van der Waals surface area contributed by atoms with Crippen LogP contribution in [0.5, 0.6) is 0 Å². The van der Waals surface area contributed by atoms with Gasteiger partial charge in [-0.2, -0.15) is 0 Å². The lowest BCUT2D eigenvalue weighted by Crippen LogP contribution is -2.38. The molecule has 2 rings (SSSR count). The Morgan fingerprint density at radius 3 is 3.06 bits per heavy atom. The van der Waals surface area contributed by atoms with E-state index in [9.17, 15) is 0 Å². The van der Waals surface area contributed by atoms with E-state index in [1.807, 2.05) is 11.3 Å². The quantitative estimate of drug-likeness (QED) is 0.905. The van der Waals surface area contributed by atoms with Crippen molar-refractivity contribution in [3.05, 3.63) is 20.8 Å². The van der Waals surface area contributed by atoms with Gasteiger partial charge >= 0.3 is 0 Å². The molecule has 1 aliphatic rings. The van der Waals surface area contributed by atoms with E-state index >= 15 is 0 Å². The number of thiophene rings is 1. The van der Waals surface area contributed by atoms with E-state index in [1.165, 1.54) is 35.3 Å². The maximum absolute atomic E-state index is 3.52. The monoisotopic (exact) mass is 338 g/mol. The number of likely N-dealkylation sites (tertiary alicyclic amines) is 1. The van der Waals surface area contributed by atoms with Crippen LogP contribution >= 0.6 is 39.7 Å². The molecular formula is C12H20BrClN2S. The lowest BCUT2D eigenvalue weighted by atomic mass is 9.98. The number of piperidine rings is 1. The largest absolute Gasteiger partial charge is 0.319 e. The first-order valence-electron chi connectivity index (χ1n) is 5.88. The summed E-state index contributed by atoms with van der Waals surface area (Å²) in [6.07, 6.45) is 2.73. The van der Waals surface area contributed by atoms with Crippen LogP contribution in [0.4, 0.5) is 0 Å². The van der Waals surface area contributed by atoms with Crippen molar-refractivity contribution in [2.75, 3.05) is 26.7 Å². The summed E-state index contributed by atoms with van der Waals surface area (Å²) in [7, 11) is 2.05. The fraction of sp³-hybridized carbons (Fsp3) is 0.667. The van der Waals surface area contributed by atoms with Crippen LogP contribution in [0, 0.1) is 5.92 Å². The number of rotatable bonds is 4. The number of nitrogens with zero attached hydrogens (tertiary/aromatic N) is 1. The summed E-state index contributed by atoms with van der Waals surface area (Å²) in [5, 5.41) is 5.47. The van der Waals surface area contributed by atoms with Crippen molar-refractivity contribution in [1.29, 1.82) is 0 Å². The second-order valence-corrected chi connectivity index (χ2v) is 6.44. The Bertz CT molecular complexity index is 330. The van der Waals surface area contributed by atoms with Crippen LogP contribution in [0.1, 0.15) is 17.7 Å². The normalized spacial score (nSPS) is 21.2. The lowest BCUT2D eigenvalue weighted by Gasteiger charge is -2.32. The van der Waals surface area contributed by atoms with E-state index in [0.717, 1.165) is 19.0 Å². The van der Waals surface area contributed by atoms with Crippen LogP contribution in [-0.4, -0.2) is 31.6 Å². The molecule has 1 unspecified atom stereocenters. The first-order valence-corrected chi connectivity index (χ1v) is 7.55. The molecule has 5 heteroatoms. The second kappa shape index (κ2) is 7.74. The van der Waals surface area contributed by atoms with Gasteiger partial charge in [0, 0.05) is 27.8 Å². The van der Waals surface area contributed by atoms with E-state index in [-0.39, 0.29) is 12.4 Å². The second-order valence-electron chi connectivity index (χ2n) is 4.53. The molecule has 1 atom stereocenters. The third-order valence-electron chi connectivity index (χ3n) is 3.10. The Hall–Kier alpha value is 0.390. The van der Waals surface area contributed by atoms with Crippen LogP contribution in [0.3, 0.4) is 0 Å². The zero-order chi connectivity index (χ0) is 11.4. The molecule has 2 heterocycles. The SMILES string of the molecule is CNCC1CCCN(Cc2cc(Br)cs2)C1.Cl. The van der Waals surface area contributed by atoms with Gasteiger partial charge < -0.3 is 5.32 Å². The van der Waals surface area contributed by atoms with Crippen LogP contribution in [-0.2, 0) is 6.54 Å². The molecule has 0 spiro atoms. The highest BCUT2D eigenvalue weighted by Crippen LogP contribution is 2.23. The fourth-order valence-electron chi connectivity index (χ4n) is 2.41. The summed E-state index contributed by atoms with van der Waals surface area (Å²) in [4.78, 5) is 4.06. The third-order valence-corrected chi connectivity index (χ3v) is 4.78. The molecule has 1 fully saturated rings. The molecule has 1 N–H and O–H groups in total. The summed E-state index contributed by atoms with van der Waals surface area (Å²) in [6.45, 7) is 4.78. The van der Waals surface area contributed by atoms with Crippen molar-refractivity contribution in [2.45, 2.75) is 19.4 Å². The van der Waals surface area contributed by atoms with E-state index < -0.39 is 0 Å². The number of hydrogen-bond donors (Lipinski definition) is 1. The molecule has 0 bridgehead atoms. The first-order chi connectivity index (χ1) is 7.78. The van der Waals surface area contributed by atoms with E-state index in [4.69, 9.17) is 0 Å². The average Bonchev–Trinajstić information content (AvgIpc) is 2.65. The van der Waals surface area contributed by atoms with Gasteiger partial charge in [0.2, 0.25) is 0 Å². The van der Waals surface area contributed by atoms with Crippen molar-refractivity contribution >= 4 is 39.7 Å². The van der Waals surface area contributed by atoms with Gasteiger partial charge in [-0.3, -0.25) is 4.90 Å². The molecule has 0 radical (unpaired) electrons. The molecular weight excluding hydrogens is 320 g/mol. The van der Waals surface area contributed by atoms with Crippen LogP contribution < -0.4 is 5.32 Å². The summed E-state index contributed by atoms with van der Waals surface area (Å²) in [5.74, 6) is 0.835. The smallest absolute Gasteiger partial charge is 0.0328 e. The zero-order valence-corrected chi connectivity index (χ0v) is 13.3. The first kappa shape index (κ1) is 15.4. The maximum atomic E-state index is 3.52. The summed E-state index contributed by atoms with van der Waals surface area (Å²) in [6, 6.07) is 2.24. The summed E-state index contributed by atoms with van der Waals surface area (Å²) >= 11 is 5.37. The van der Waals surface area contributed by atoms with Crippen molar-refractivity contribution in [1.82, 2.24) is 10.2 Å². The third kappa shape index (κ3) is 4.87. The van der Waals surface area contributed by atoms with E-state index in [0.29, 0.717) is 0 Å². The molecule has 0 aliphatic carbocycles. The van der Waals surface area contributed by atoms with Crippen LogP contribution in [0.15, 0.2) is 15.9 Å². The predicted molar refractivity (Wildman–Crippen MR) is 81.2 cm³/mol. The molecule has 0 amide bonds. The molecule has 0 saturated carbocycles. The van der Waals surface area contributed by atoms with Crippen molar-refractivity contribution < 1.29 is 0 Å². The van der Waals surface area contributed by atoms with Crippen molar-refractivity contribution in [3.8, 4) is 0 Å². The van der Waals surface area contributed by atoms with Crippen LogP contribution in [0.25, 0.3) is 0 Å². The lowest BCUT2D eigenvalue weighted by molar-refractivity contribution is 0.168. The van der Waals surface area contributed by atoms with Crippen LogP contribution in [0.2, 0.25) is 0 Å². The van der Waals surface area contributed by atoms with Gasteiger partial charge in [0.25, 0.3) is 0 Å². The Morgan fingerprint density at radius 2 is 2.41 bits per heavy atom. The highest BCUT2D eigenvalue weighted by atomic mass is 79.9. The van der Waals surface area contributed by atoms with Gasteiger partial charge in [0.15, 0.2) is 0 Å². The Balaban J connectivity index is 0.00000144. The van der Waals surface area contributed by atoms with Gasteiger partial charge in [-0.05, 0) is 60.9 Å². The van der Waals surface area contributed by atoms with E-state index in [2.05, 4.69) is 44.6 Å². The predicted octanol–water partition coefficient (Wildman–Crippen LogP) is 3.36. The topological polar surface area (TPSA) is 15.3 Å². The molecule has 98 valence electrons. The molecule has 17 heavy (non-hydrogen) atoms. The Labute approximate surface area is 122 Å². The molecule has 1 saturated heterocycles. The van der Waals surface area contributed by atoms with Gasteiger partial charge in [-0.1, -0.05) is 0 Å². The highest BCUT2D eigenvalue weighted by Gasteiger charge is 2.19.